The number of esters is 2. The van der Waals surface area contributed by atoms with Gasteiger partial charge in [0.15, 0.2) is 0 Å². The Morgan fingerprint density at radius 1 is 0.923 bits per heavy atom. The first kappa shape index (κ1) is 27.6. The third kappa shape index (κ3) is 5.71. The highest BCUT2D eigenvalue weighted by molar-refractivity contribution is 6.53. The van der Waals surface area contributed by atoms with E-state index in [1.54, 1.807) is 30.3 Å². The van der Waals surface area contributed by atoms with Crippen molar-refractivity contribution in [2.45, 2.75) is 34.1 Å². The highest BCUT2D eigenvalue weighted by Crippen LogP contribution is 2.32. The molecule has 0 saturated heterocycles. The Balaban J connectivity index is 1.51. The molecule has 3 aromatic rings. The summed E-state index contributed by atoms with van der Waals surface area (Å²) in [6.45, 7) is 7.83. The molecule has 0 spiro atoms. The number of carbonyl (C=O) groups is 4. The standard InChI is InChI=1S/C30H27ClN2O6/c1-5-14-38-30(37)22-8-6-7-9-23(22)33-27(34)25(31)26(28(33)35)32-21-12-10-20(11-13-21)29(36)39-24-16-17(2)15-18(3)19(24)4/h6-13,15-16,32H,5,14H2,1-4H3. The molecule has 0 saturated carbocycles. The lowest BCUT2D eigenvalue weighted by Crippen LogP contribution is -2.33. The molecule has 1 aliphatic heterocycles. The molecular weight excluding hydrogens is 520 g/mol. The lowest BCUT2D eigenvalue weighted by atomic mass is 10.1. The van der Waals surface area contributed by atoms with Crippen molar-refractivity contribution in [3.8, 4) is 5.75 Å². The second kappa shape index (κ2) is 11.5. The second-order valence-corrected chi connectivity index (χ2v) is 9.46. The van der Waals surface area contributed by atoms with Crippen molar-refractivity contribution >= 4 is 46.7 Å². The van der Waals surface area contributed by atoms with Crippen LogP contribution in [-0.2, 0) is 14.3 Å². The molecule has 0 bridgehead atoms. The number of nitrogens with zero attached hydrogens (tertiary/aromatic N) is 1. The lowest BCUT2D eigenvalue weighted by molar-refractivity contribution is -0.120. The Bertz CT molecular complexity index is 1510. The highest BCUT2D eigenvalue weighted by Gasteiger charge is 2.40. The number of para-hydroxylation sites is 1. The van der Waals surface area contributed by atoms with Crippen LogP contribution in [0.15, 0.2) is 71.4 Å². The summed E-state index contributed by atoms with van der Waals surface area (Å²) in [6, 6.07) is 16.2. The van der Waals surface area contributed by atoms with Gasteiger partial charge < -0.3 is 14.8 Å². The van der Waals surface area contributed by atoms with Crippen LogP contribution in [0.4, 0.5) is 11.4 Å². The van der Waals surface area contributed by atoms with Crippen molar-refractivity contribution in [3.05, 3.63) is 99.2 Å². The molecule has 200 valence electrons. The van der Waals surface area contributed by atoms with Gasteiger partial charge in [0.2, 0.25) is 0 Å². The van der Waals surface area contributed by atoms with Crippen molar-refractivity contribution in [2.75, 3.05) is 16.8 Å². The largest absolute Gasteiger partial charge is 0.462 e. The zero-order valence-corrected chi connectivity index (χ0v) is 22.7. The number of halogens is 1. The molecule has 8 nitrogen and oxygen atoms in total. The van der Waals surface area contributed by atoms with Gasteiger partial charge in [-0.3, -0.25) is 9.59 Å². The molecule has 39 heavy (non-hydrogen) atoms. The minimum absolute atomic E-state index is 0.0697. The zero-order valence-electron chi connectivity index (χ0n) is 22.0. The normalized spacial score (nSPS) is 13.1. The number of amides is 2. The summed E-state index contributed by atoms with van der Waals surface area (Å²) >= 11 is 6.26. The van der Waals surface area contributed by atoms with Crippen molar-refractivity contribution < 1.29 is 28.7 Å². The molecule has 0 aromatic heterocycles. The topological polar surface area (TPSA) is 102 Å². The Kier molecular flexibility index (Phi) is 8.16. The van der Waals surface area contributed by atoms with Gasteiger partial charge in [0.1, 0.15) is 16.5 Å². The quantitative estimate of drug-likeness (QED) is 0.215. The fourth-order valence-electron chi connectivity index (χ4n) is 4.04. The average Bonchev–Trinajstić information content (AvgIpc) is 3.13. The van der Waals surface area contributed by atoms with Crippen LogP contribution in [0.2, 0.25) is 0 Å². The fourth-order valence-corrected chi connectivity index (χ4v) is 4.26. The van der Waals surface area contributed by atoms with Crippen LogP contribution >= 0.6 is 11.6 Å². The number of rotatable bonds is 8. The van der Waals surface area contributed by atoms with E-state index in [0.29, 0.717) is 23.4 Å². The van der Waals surface area contributed by atoms with E-state index in [1.807, 2.05) is 33.8 Å². The van der Waals surface area contributed by atoms with Crippen LogP contribution in [0.5, 0.6) is 5.75 Å². The molecular formula is C30H27ClN2O6. The summed E-state index contributed by atoms with van der Waals surface area (Å²) in [5, 5.41) is 2.53. The summed E-state index contributed by atoms with van der Waals surface area (Å²) in [5.74, 6) is -2.19. The van der Waals surface area contributed by atoms with E-state index in [4.69, 9.17) is 21.1 Å². The van der Waals surface area contributed by atoms with Crippen LogP contribution in [0, 0.1) is 20.8 Å². The fraction of sp³-hybridized carbons (Fsp3) is 0.200. The molecule has 4 rings (SSSR count). The van der Waals surface area contributed by atoms with E-state index in [-0.39, 0.29) is 28.6 Å². The van der Waals surface area contributed by atoms with Gasteiger partial charge in [-0.1, -0.05) is 36.7 Å². The monoisotopic (exact) mass is 546 g/mol. The number of aryl methyl sites for hydroxylation is 2. The maximum absolute atomic E-state index is 13.3. The molecule has 0 aliphatic carbocycles. The number of imide groups is 1. The number of hydrogen-bond acceptors (Lipinski definition) is 7. The SMILES string of the molecule is CCCOC(=O)c1ccccc1N1C(=O)C(Cl)=C(Nc2ccc(C(=O)Oc3cc(C)cc(C)c3C)cc2)C1=O. The molecule has 0 radical (unpaired) electrons. The molecule has 1 N–H and O–H groups in total. The molecule has 2 amide bonds. The Labute approximate surface area is 231 Å². The first-order valence-corrected chi connectivity index (χ1v) is 12.7. The number of anilines is 2. The van der Waals surface area contributed by atoms with Crippen molar-refractivity contribution in [1.82, 2.24) is 0 Å². The smallest absolute Gasteiger partial charge is 0.343 e. The second-order valence-electron chi connectivity index (χ2n) is 9.08. The van der Waals surface area contributed by atoms with Gasteiger partial charge >= 0.3 is 11.9 Å². The van der Waals surface area contributed by atoms with Crippen LogP contribution in [0.1, 0.15) is 50.8 Å². The number of hydrogen-bond donors (Lipinski definition) is 1. The number of benzene rings is 3. The summed E-state index contributed by atoms with van der Waals surface area (Å²) in [6.07, 6.45) is 0.624. The van der Waals surface area contributed by atoms with Gasteiger partial charge in [-0.2, -0.15) is 0 Å². The maximum Gasteiger partial charge on any atom is 0.343 e. The summed E-state index contributed by atoms with van der Waals surface area (Å²) in [4.78, 5) is 52.3. The third-order valence-electron chi connectivity index (χ3n) is 6.19. The minimum atomic E-state index is -0.774. The molecule has 0 fully saturated rings. The van der Waals surface area contributed by atoms with Crippen LogP contribution in [-0.4, -0.2) is 30.4 Å². The van der Waals surface area contributed by atoms with E-state index >= 15 is 0 Å². The van der Waals surface area contributed by atoms with Gasteiger partial charge in [-0.25, -0.2) is 14.5 Å². The lowest BCUT2D eigenvalue weighted by Gasteiger charge is -2.18. The van der Waals surface area contributed by atoms with Gasteiger partial charge in [-0.15, -0.1) is 0 Å². The van der Waals surface area contributed by atoms with E-state index < -0.39 is 23.8 Å². The average molecular weight is 547 g/mol. The van der Waals surface area contributed by atoms with Crippen LogP contribution < -0.4 is 15.0 Å². The molecule has 0 unspecified atom stereocenters. The molecule has 1 heterocycles. The predicted molar refractivity (Wildman–Crippen MR) is 148 cm³/mol. The highest BCUT2D eigenvalue weighted by atomic mass is 35.5. The zero-order chi connectivity index (χ0) is 28.3. The van der Waals surface area contributed by atoms with Crippen molar-refractivity contribution in [3.63, 3.8) is 0 Å². The summed E-state index contributed by atoms with van der Waals surface area (Å²) in [7, 11) is 0. The van der Waals surface area contributed by atoms with Gasteiger partial charge in [-0.05, 0) is 86.3 Å². The van der Waals surface area contributed by atoms with Crippen molar-refractivity contribution in [2.24, 2.45) is 0 Å². The predicted octanol–water partition coefficient (Wildman–Crippen LogP) is 5.83. The number of nitrogens with one attached hydrogen (secondary N) is 1. The van der Waals surface area contributed by atoms with E-state index in [2.05, 4.69) is 5.32 Å². The summed E-state index contributed by atoms with van der Waals surface area (Å²) < 4.78 is 10.8. The van der Waals surface area contributed by atoms with E-state index in [9.17, 15) is 19.2 Å². The van der Waals surface area contributed by atoms with E-state index in [0.717, 1.165) is 21.6 Å². The van der Waals surface area contributed by atoms with Gasteiger partial charge in [0.05, 0.1) is 23.4 Å². The first-order valence-electron chi connectivity index (χ1n) is 12.3. The minimum Gasteiger partial charge on any atom is -0.462 e. The molecule has 9 heteroatoms. The Morgan fingerprint density at radius 2 is 1.62 bits per heavy atom. The number of ether oxygens (including phenoxy) is 2. The molecule has 1 aliphatic rings. The van der Waals surface area contributed by atoms with Gasteiger partial charge in [0, 0.05) is 5.69 Å². The van der Waals surface area contributed by atoms with E-state index in [1.165, 1.54) is 24.3 Å². The summed E-state index contributed by atoms with van der Waals surface area (Å²) in [5.41, 5.74) is 3.59. The maximum atomic E-state index is 13.3. The Morgan fingerprint density at radius 3 is 2.31 bits per heavy atom. The number of carbonyl (C=O) groups excluding carboxylic acids is 4. The third-order valence-corrected chi connectivity index (χ3v) is 6.54. The van der Waals surface area contributed by atoms with Crippen LogP contribution in [0.25, 0.3) is 0 Å². The van der Waals surface area contributed by atoms with Crippen molar-refractivity contribution in [1.29, 1.82) is 0 Å². The Hall–Kier alpha value is -4.43. The first-order chi connectivity index (χ1) is 18.6. The molecule has 0 atom stereocenters. The van der Waals surface area contributed by atoms with Gasteiger partial charge in [0.25, 0.3) is 11.8 Å². The van der Waals surface area contributed by atoms with Crippen LogP contribution in [0.3, 0.4) is 0 Å². The molecule has 3 aromatic carbocycles.